The first kappa shape index (κ1) is 17.5. The van der Waals surface area contributed by atoms with Crippen LogP contribution in [0.2, 0.25) is 0 Å². The van der Waals surface area contributed by atoms with Crippen molar-refractivity contribution in [1.82, 2.24) is 5.32 Å². The molecule has 1 aromatic carbocycles. The Morgan fingerprint density at radius 3 is 2.67 bits per heavy atom. The molecule has 1 amide bonds. The monoisotopic (exact) mass is 328 g/mol. The Bertz CT molecular complexity index is 673. The molecule has 0 saturated heterocycles. The number of amides is 1. The molecule has 0 bridgehead atoms. The van der Waals surface area contributed by atoms with Gasteiger partial charge in [0.2, 0.25) is 5.96 Å². The number of nitrogens with two attached hydrogens (primary N) is 3. The van der Waals surface area contributed by atoms with Gasteiger partial charge >= 0.3 is 0 Å². The first-order valence-electron chi connectivity index (χ1n) is 8.05. The van der Waals surface area contributed by atoms with Crippen LogP contribution in [0.3, 0.4) is 0 Å². The van der Waals surface area contributed by atoms with E-state index in [2.05, 4.69) is 21.4 Å². The van der Waals surface area contributed by atoms with Crippen molar-refractivity contribution in [2.24, 2.45) is 27.2 Å². The molecule has 0 aromatic heterocycles. The van der Waals surface area contributed by atoms with Gasteiger partial charge in [0.05, 0.1) is 11.3 Å². The van der Waals surface area contributed by atoms with E-state index in [4.69, 9.17) is 17.2 Å². The van der Waals surface area contributed by atoms with Crippen molar-refractivity contribution >= 4 is 23.5 Å². The van der Waals surface area contributed by atoms with Gasteiger partial charge in [-0.15, -0.1) is 0 Å². The van der Waals surface area contributed by atoms with E-state index in [1.54, 1.807) is 24.3 Å². The van der Waals surface area contributed by atoms with Gasteiger partial charge in [-0.3, -0.25) is 4.79 Å². The number of para-hydroxylation sites is 1. The fourth-order valence-corrected chi connectivity index (χ4v) is 2.61. The van der Waals surface area contributed by atoms with Gasteiger partial charge in [-0.25, -0.2) is 4.99 Å². The summed E-state index contributed by atoms with van der Waals surface area (Å²) >= 11 is 0. The van der Waals surface area contributed by atoms with Crippen LogP contribution in [-0.2, 0) is 0 Å². The predicted molar refractivity (Wildman–Crippen MR) is 97.0 cm³/mol. The number of carbonyl (C=O) groups excluding carboxylic acids is 1. The number of aliphatic imine (C=N–C) groups is 2. The molecule has 0 heterocycles. The van der Waals surface area contributed by atoms with Crippen molar-refractivity contribution in [1.29, 1.82) is 0 Å². The summed E-state index contributed by atoms with van der Waals surface area (Å²) in [7, 11) is 0. The van der Waals surface area contributed by atoms with Crippen molar-refractivity contribution in [3.8, 4) is 0 Å². The molecule has 1 aliphatic carbocycles. The molecule has 0 radical (unpaired) electrons. The third-order valence-corrected chi connectivity index (χ3v) is 3.74. The van der Waals surface area contributed by atoms with E-state index in [1.807, 2.05) is 0 Å². The summed E-state index contributed by atoms with van der Waals surface area (Å²) in [6.45, 7) is 0.603. The van der Waals surface area contributed by atoms with Crippen molar-refractivity contribution in [2.45, 2.75) is 32.1 Å². The quantitative estimate of drug-likeness (QED) is 0.370. The first-order valence-corrected chi connectivity index (χ1v) is 8.05. The molecule has 7 nitrogen and oxygen atoms in total. The lowest BCUT2D eigenvalue weighted by atomic mass is 9.97. The minimum Gasteiger partial charge on any atom is -0.370 e. The Labute approximate surface area is 141 Å². The number of benzene rings is 1. The van der Waals surface area contributed by atoms with Crippen LogP contribution in [0, 0.1) is 0 Å². The average molecular weight is 328 g/mol. The zero-order chi connectivity index (χ0) is 17.4. The zero-order valence-electron chi connectivity index (χ0n) is 13.7. The molecular formula is C17H24N6O. The SMILES string of the molecule is NC(N)=NC(N)=Nc1ccccc1C(=O)NCCC1=CCCCC1. The third kappa shape index (κ3) is 5.42. The fourth-order valence-electron chi connectivity index (χ4n) is 2.61. The van der Waals surface area contributed by atoms with Crippen LogP contribution < -0.4 is 22.5 Å². The summed E-state index contributed by atoms with van der Waals surface area (Å²) < 4.78 is 0. The molecule has 0 atom stereocenters. The fraction of sp³-hybridized carbons (Fsp3) is 0.353. The van der Waals surface area contributed by atoms with Crippen LogP contribution in [0.5, 0.6) is 0 Å². The summed E-state index contributed by atoms with van der Waals surface area (Å²) in [6.07, 6.45) is 7.94. The normalized spacial score (nSPS) is 14.7. The number of hydrogen-bond donors (Lipinski definition) is 4. The summed E-state index contributed by atoms with van der Waals surface area (Å²) in [5.41, 5.74) is 18.4. The predicted octanol–water partition coefficient (Wildman–Crippen LogP) is 1.53. The van der Waals surface area contributed by atoms with E-state index >= 15 is 0 Å². The highest BCUT2D eigenvalue weighted by atomic mass is 16.1. The second-order valence-corrected chi connectivity index (χ2v) is 5.64. The van der Waals surface area contributed by atoms with E-state index in [1.165, 1.54) is 18.4 Å². The van der Waals surface area contributed by atoms with Crippen LogP contribution >= 0.6 is 0 Å². The minimum atomic E-state index is -0.191. The van der Waals surface area contributed by atoms with Crippen molar-refractivity contribution in [2.75, 3.05) is 6.54 Å². The van der Waals surface area contributed by atoms with E-state index < -0.39 is 0 Å². The smallest absolute Gasteiger partial charge is 0.253 e. The molecular weight excluding hydrogens is 304 g/mol. The molecule has 24 heavy (non-hydrogen) atoms. The number of nitrogens with one attached hydrogen (secondary N) is 1. The van der Waals surface area contributed by atoms with Gasteiger partial charge in [0.1, 0.15) is 0 Å². The summed E-state index contributed by atoms with van der Waals surface area (Å²) in [5.74, 6) is -0.468. The van der Waals surface area contributed by atoms with Crippen molar-refractivity contribution in [3.05, 3.63) is 41.5 Å². The second-order valence-electron chi connectivity index (χ2n) is 5.64. The van der Waals surface area contributed by atoms with Gasteiger partial charge < -0.3 is 22.5 Å². The largest absolute Gasteiger partial charge is 0.370 e. The highest BCUT2D eigenvalue weighted by molar-refractivity contribution is 6.01. The Hall–Kier alpha value is -2.83. The van der Waals surface area contributed by atoms with Gasteiger partial charge in [0.25, 0.3) is 5.91 Å². The molecule has 0 spiro atoms. The van der Waals surface area contributed by atoms with Gasteiger partial charge in [0, 0.05) is 6.54 Å². The topological polar surface area (TPSA) is 132 Å². The lowest BCUT2D eigenvalue weighted by Gasteiger charge is -2.13. The van der Waals surface area contributed by atoms with E-state index in [-0.39, 0.29) is 17.8 Å². The molecule has 0 aliphatic heterocycles. The van der Waals surface area contributed by atoms with Crippen LogP contribution in [0.4, 0.5) is 5.69 Å². The molecule has 7 heteroatoms. The van der Waals surface area contributed by atoms with Crippen LogP contribution in [0.1, 0.15) is 42.5 Å². The maximum absolute atomic E-state index is 12.4. The number of hydrogen-bond acceptors (Lipinski definition) is 2. The van der Waals surface area contributed by atoms with Crippen LogP contribution in [-0.4, -0.2) is 24.4 Å². The number of rotatable bonds is 5. The Morgan fingerprint density at radius 2 is 1.96 bits per heavy atom. The molecule has 1 aliphatic rings. The summed E-state index contributed by atoms with van der Waals surface area (Å²) in [5, 5.41) is 2.93. The van der Waals surface area contributed by atoms with Crippen LogP contribution in [0.25, 0.3) is 0 Å². The van der Waals surface area contributed by atoms with Crippen LogP contribution in [0.15, 0.2) is 45.9 Å². The van der Waals surface area contributed by atoms with E-state index in [0.717, 1.165) is 19.3 Å². The standard InChI is InChI=1S/C17H24N6O/c18-16(19)23-17(20)22-14-9-5-4-8-13(14)15(24)21-11-10-12-6-2-1-3-7-12/h4-6,8-9H,1-3,7,10-11H2,(H,21,24)(H6,18,19,20,22,23). The molecule has 0 saturated carbocycles. The molecule has 2 rings (SSSR count). The summed E-state index contributed by atoms with van der Waals surface area (Å²) in [4.78, 5) is 20.1. The minimum absolute atomic E-state index is 0.0948. The second kappa shape index (κ2) is 8.71. The maximum Gasteiger partial charge on any atom is 0.253 e. The molecule has 7 N–H and O–H groups in total. The van der Waals surface area contributed by atoms with Gasteiger partial charge in [-0.2, -0.15) is 4.99 Å². The summed E-state index contributed by atoms with van der Waals surface area (Å²) in [6, 6.07) is 6.92. The van der Waals surface area contributed by atoms with Crippen molar-refractivity contribution < 1.29 is 4.79 Å². The van der Waals surface area contributed by atoms with Crippen molar-refractivity contribution in [3.63, 3.8) is 0 Å². The molecule has 1 aromatic rings. The van der Waals surface area contributed by atoms with E-state index in [0.29, 0.717) is 17.8 Å². The Balaban J connectivity index is 2.01. The Morgan fingerprint density at radius 1 is 1.17 bits per heavy atom. The highest BCUT2D eigenvalue weighted by Crippen LogP contribution is 2.20. The van der Waals surface area contributed by atoms with E-state index in [9.17, 15) is 4.79 Å². The number of guanidine groups is 2. The van der Waals surface area contributed by atoms with Gasteiger partial charge in [0.15, 0.2) is 5.96 Å². The average Bonchev–Trinajstić information content (AvgIpc) is 2.55. The van der Waals surface area contributed by atoms with Gasteiger partial charge in [-0.05, 0) is 44.2 Å². The highest BCUT2D eigenvalue weighted by Gasteiger charge is 2.11. The molecule has 0 unspecified atom stereocenters. The van der Waals surface area contributed by atoms with Gasteiger partial charge in [-0.1, -0.05) is 23.8 Å². The lowest BCUT2D eigenvalue weighted by Crippen LogP contribution is -2.26. The Kier molecular flexibility index (Phi) is 6.36. The number of nitrogens with zero attached hydrogens (tertiary/aromatic N) is 2. The molecule has 0 fully saturated rings. The molecule has 128 valence electrons. The maximum atomic E-state index is 12.4. The lowest BCUT2D eigenvalue weighted by molar-refractivity contribution is 0.0955. The first-order chi connectivity index (χ1) is 11.6. The zero-order valence-corrected chi connectivity index (χ0v) is 13.7. The number of allylic oxidation sites excluding steroid dienone is 1. The number of carbonyl (C=O) groups is 1. The third-order valence-electron chi connectivity index (χ3n) is 3.74.